The van der Waals surface area contributed by atoms with Crippen LogP contribution in [0.15, 0.2) is 0 Å². The number of nitrogens with zero attached hydrogens (tertiary/aromatic N) is 1. The van der Waals surface area contributed by atoms with Crippen LogP contribution in [0.1, 0.15) is 66.7 Å². The standard InChI is InChI=1S/C12H26N2.C5H10O2/c1-3-4-5-6-7-12(2)14-10-8-13-9-11-14;1-5(2,3)7-4-6/h12-13H,3-11H2,1-2H3;4H,1-3H3. The molecule has 0 aromatic heterocycles. The number of rotatable bonds is 7. The zero-order valence-corrected chi connectivity index (χ0v) is 14.8. The van der Waals surface area contributed by atoms with Crippen molar-refractivity contribution < 1.29 is 9.53 Å². The summed E-state index contributed by atoms with van der Waals surface area (Å²) < 4.78 is 4.55. The first-order valence-corrected chi connectivity index (χ1v) is 8.47. The first-order valence-electron chi connectivity index (χ1n) is 8.47. The van der Waals surface area contributed by atoms with Crippen molar-refractivity contribution in [1.29, 1.82) is 0 Å². The van der Waals surface area contributed by atoms with E-state index in [1.807, 2.05) is 20.8 Å². The Balaban J connectivity index is 0.000000486. The van der Waals surface area contributed by atoms with Crippen molar-refractivity contribution >= 4 is 6.47 Å². The van der Waals surface area contributed by atoms with E-state index >= 15 is 0 Å². The third-order valence-electron chi connectivity index (χ3n) is 3.65. The fourth-order valence-electron chi connectivity index (χ4n) is 2.32. The van der Waals surface area contributed by atoms with Gasteiger partial charge in [-0.3, -0.25) is 9.69 Å². The van der Waals surface area contributed by atoms with Crippen LogP contribution in [0, 0.1) is 0 Å². The first kappa shape index (κ1) is 20.4. The molecule has 0 saturated carbocycles. The van der Waals surface area contributed by atoms with Crippen LogP contribution < -0.4 is 5.32 Å². The van der Waals surface area contributed by atoms with Crippen molar-refractivity contribution in [1.82, 2.24) is 10.2 Å². The molecule has 1 aliphatic heterocycles. The summed E-state index contributed by atoms with van der Waals surface area (Å²) in [5.74, 6) is 0. The summed E-state index contributed by atoms with van der Waals surface area (Å²) in [6.45, 7) is 15.4. The first-order chi connectivity index (χ1) is 9.90. The Morgan fingerprint density at radius 3 is 2.24 bits per heavy atom. The Kier molecular flexibility index (Phi) is 11.6. The molecule has 0 aromatic rings. The number of nitrogens with one attached hydrogen (secondary N) is 1. The molecule has 1 aliphatic rings. The van der Waals surface area contributed by atoms with Crippen molar-refractivity contribution in [2.24, 2.45) is 0 Å². The second kappa shape index (κ2) is 12.0. The summed E-state index contributed by atoms with van der Waals surface area (Å²) >= 11 is 0. The van der Waals surface area contributed by atoms with Gasteiger partial charge in [-0.05, 0) is 34.1 Å². The summed E-state index contributed by atoms with van der Waals surface area (Å²) in [6, 6.07) is 0.800. The lowest BCUT2D eigenvalue weighted by Crippen LogP contribution is -2.47. The van der Waals surface area contributed by atoms with Crippen molar-refractivity contribution in [2.75, 3.05) is 26.2 Å². The minimum Gasteiger partial charge on any atom is -0.462 e. The van der Waals surface area contributed by atoms with Crippen LogP contribution in [0.25, 0.3) is 0 Å². The molecule has 0 aliphatic carbocycles. The largest absolute Gasteiger partial charge is 0.462 e. The summed E-state index contributed by atoms with van der Waals surface area (Å²) in [4.78, 5) is 12.2. The van der Waals surface area contributed by atoms with Crippen LogP contribution in [0.5, 0.6) is 0 Å². The quantitative estimate of drug-likeness (QED) is 0.579. The van der Waals surface area contributed by atoms with Crippen molar-refractivity contribution in [3.8, 4) is 0 Å². The third kappa shape index (κ3) is 12.8. The maximum atomic E-state index is 9.60. The van der Waals surface area contributed by atoms with E-state index < -0.39 is 0 Å². The van der Waals surface area contributed by atoms with E-state index in [0.29, 0.717) is 6.47 Å². The number of unbranched alkanes of at least 4 members (excludes halogenated alkanes) is 3. The summed E-state index contributed by atoms with van der Waals surface area (Å²) in [5, 5.41) is 3.40. The van der Waals surface area contributed by atoms with Gasteiger partial charge in [-0.25, -0.2) is 0 Å². The van der Waals surface area contributed by atoms with Gasteiger partial charge in [-0.2, -0.15) is 0 Å². The number of carbonyl (C=O) groups excluding carboxylic acids is 1. The minimum absolute atomic E-state index is 0.318. The Morgan fingerprint density at radius 1 is 1.19 bits per heavy atom. The number of hydrogen-bond acceptors (Lipinski definition) is 4. The normalized spacial score (nSPS) is 17.6. The molecular weight excluding hydrogens is 264 g/mol. The molecule has 1 atom stereocenters. The van der Waals surface area contributed by atoms with E-state index in [2.05, 4.69) is 28.8 Å². The predicted octanol–water partition coefficient (Wildman–Crippen LogP) is 3.21. The Labute approximate surface area is 131 Å². The van der Waals surface area contributed by atoms with E-state index in [4.69, 9.17) is 0 Å². The smallest absolute Gasteiger partial charge is 0.293 e. The minimum atomic E-state index is -0.318. The maximum Gasteiger partial charge on any atom is 0.293 e. The molecule has 4 heteroatoms. The van der Waals surface area contributed by atoms with E-state index in [-0.39, 0.29) is 5.60 Å². The van der Waals surface area contributed by atoms with Gasteiger partial charge in [0.15, 0.2) is 0 Å². The van der Waals surface area contributed by atoms with Gasteiger partial charge in [0.2, 0.25) is 0 Å². The lowest BCUT2D eigenvalue weighted by atomic mass is 10.1. The van der Waals surface area contributed by atoms with Crippen LogP contribution in [0.2, 0.25) is 0 Å². The third-order valence-corrected chi connectivity index (χ3v) is 3.65. The van der Waals surface area contributed by atoms with E-state index in [9.17, 15) is 4.79 Å². The molecule has 0 spiro atoms. The fourth-order valence-corrected chi connectivity index (χ4v) is 2.32. The molecule has 126 valence electrons. The lowest BCUT2D eigenvalue weighted by Gasteiger charge is -2.32. The van der Waals surface area contributed by atoms with Gasteiger partial charge in [-0.15, -0.1) is 0 Å². The fraction of sp³-hybridized carbons (Fsp3) is 0.941. The molecule has 21 heavy (non-hydrogen) atoms. The van der Waals surface area contributed by atoms with Crippen LogP contribution in [-0.2, 0) is 9.53 Å². The Bertz CT molecular complexity index is 246. The molecule has 0 radical (unpaired) electrons. The Morgan fingerprint density at radius 2 is 1.81 bits per heavy atom. The average Bonchev–Trinajstić information content (AvgIpc) is 2.44. The molecule has 1 rings (SSSR count). The average molecular weight is 300 g/mol. The van der Waals surface area contributed by atoms with Gasteiger partial charge < -0.3 is 10.1 Å². The summed E-state index contributed by atoms with van der Waals surface area (Å²) in [7, 11) is 0. The van der Waals surface area contributed by atoms with Crippen LogP contribution in [-0.4, -0.2) is 49.2 Å². The highest BCUT2D eigenvalue weighted by atomic mass is 16.5. The highest BCUT2D eigenvalue weighted by molar-refractivity contribution is 5.37. The molecule has 1 heterocycles. The van der Waals surface area contributed by atoms with E-state index in [1.165, 1.54) is 58.3 Å². The van der Waals surface area contributed by atoms with Crippen molar-refractivity contribution in [3.05, 3.63) is 0 Å². The van der Waals surface area contributed by atoms with Gasteiger partial charge in [0.05, 0.1) is 0 Å². The molecule has 1 fully saturated rings. The number of carbonyl (C=O) groups is 1. The highest BCUT2D eigenvalue weighted by Crippen LogP contribution is 2.11. The summed E-state index contributed by atoms with van der Waals surface area (Å²) in [6.07, 6.45) is 6.99. The topological polar surface area (TPSA) is 41.6 Å². The molecule has 4 nitrogen and oxygen atoms in total. The molecule has 0 bridgehead atoms. The number of hydrogen-bond donors (Lipinski definition) is 1. The molecular formula is C17H36N2O2. The molecule has 1 unspecified atom stereocenters. The summed E-state index contributed by atoms with van der Waals surface area (Å²) in [5.41, 5.74) is -0.318. The van der Waals surface area contributed by atoms with E-state index in [1.54, 1.807) is 0 Å². The number of piperazine rings is 1. The maximum absolute atomic E-state index is 9.60. The second-order valence-corrected chi connectivity index (χ2v) is 6.81. The van der Waals surface area contributed by atoms with Crippen molar-refractivity contribution in [3.63, 3.8) is 0 Å². The van der Waals surface area contributed by atoms with Crippen LogP contribution in [0.4, 0.5) is 0 Å². The highest BCUT2D eigenvalue weighted by Gasteiger charge is 2.15. The Hall–Kier alpha value is -0.610. The SMILES string of the molecule is CC(C)(C)OC=O.CCCCCCC(C)N1CCNCC1. The molecule has 0 aromatic carbocycles. The van der Waals surface area contributed by atoms with Gasteiger partial charge in [0.1, 0.15) is 5.60 Å². The molecule has 1 N–H and O–H groups in total. The number of ether oxygens (including phenoxy) is 1. The van der Waals surface area contributed by atoms with Gasteiger partial charge in [-0.1, -0.05) is 32.6 Å². The lowest BCUT2D eigenvalue weighted by molar-refractivity contribution is -0.138. The van der Waals surface area contributed by atoms with Crippen LogP contribution in [0.3, 0.4) is 0 Å². The van der Waals surface area contributed by atoms with Gasteiger partial charge in [0, 0.05) is 32.2 Å². The van der Waals surface area contributed by atoms with Gasteiger partial charge in [0.25, 0.3) is 6.47 Å². The second-order valence-electron chi connectivity index (χ2n) is 6.81. The molecule has 1 saturated heterocycles. The zero-order chi connectivity index (χ0) is 16.1. The van der Waals surface area contributed by atoms with E-state index in [0.717, 1.165) is 6.04 Å². The van der Waals surface area contributed by atoms with Gasteiger partial charge >= 0.3 is 0 Å². The van der Waals surface area contributed by atoms with Crippen molar-refractivity contribution in [2.45, 2.75) is 78.4 Å². The predicted molar refractivity (Wildman–Crippen MR) is 89.6 cm³/mol. The molecule has 0 amide bonds. The monoisotopic (exact) mass is 300 g/mol. The zero-order valence-electron chi connectivity index (χ0n) is 14.8. The van der Waals surface area contributed by atoms with Crippen LogP contribution >= 0.6 is 0 Å².